The maximum Gasteiger partial charge on any atom is 0.254 e. The summed E-state index contributed by atoms with van der Waals surface area (Å²) in [6, 6.07) is 7.20. The molecule has 2 atom stereocenters. The lowest BCUT2D eigenvalue weighted by Crippen LogP contribution is -2.48. The van der Waals surface area contributed by atoms with Crippen LogP contribution in [0, 0.1) is 5.92 Å². The van der Waals surface area contributed by atoms with Crippen molar-refractivity contribution >= 4 is 27.7 Å². The Morgan fingerprint density at radius 3 is 2.55 bits per heavy atom. The number of nitrogens with one attached hydrogen (secondary N) is 1. The molecule has 1 aliphatic heterocycles. The maximum atomic E-state index is 12.6. The molecule has 2 aliphatic rings. The Morgan fingerprint density at radius 1 is 1.23 bits per heavy atom. The highest BCUT2D eigenvalue weighted by molar-refractivity contribution is 9.10. The Balaban J connectivity index is 1.67. The first-order valence-corrected chi connectivity index (χ1v) is 8.72. The van der Waals surface area contributed by atoms with Crippen LogP contribution in [0.2, 0.25) is 0 Å². The fourth-order valence-corrected chi connectivity index (χ4v) is 3.34. The number of carbonyl (C=O) groups is 2. The third-order valence-corrected chi connectivity index (χ3v) is 5.14. The van der Waals surface area contributed by atoms with Crippen LogP contribution in [0.15, 0.2) is 28.7 Å². The largest absolute Gasteiger partial charge is 0.352 e. The lowest BCUT2D eigenvalue weighted by atomic mass is 10.1. The summed E-state index contributed by atoms with van der Waals surface area (Å²) in [7, 11) is 0. The minimum absolute atomic E-state index is 0.00219. The SMILES string of the molecule is CC(NC(=O)C1CCCN1C(=O)c1ccc(Br)cc1)C1CC1. The van der Waals surface area contributed by atoms with Gasteiger partial charge < -0.3 is 10.2 Å². The summed E-state index contributed by atoms with van der Waals surface area (Å²) in [6.45, 7) is 2.72. The average Bonchev–Trinajstić information content (AvgIpc) is 3.24. The van der Waals surface area contributed by atoms with E-state index < -0.39 is 0 Å². The number of hydrogen-bond donors (Lipinski definition) is 1. The molecule has 2 unspecified atom stereocenters. The van der Waals surface area contributed by atoms with Gasteiger partial charge in [0.2, 0.25) is 5.91 Å². The molecule has 1 heterocycles. The third-order valence-electron chi connectivity index (χ3n) is 4.61. The Morgan fingerprint density at radius 2 is 1.91 bits per heavy atom. The molecular weight excluding hydrogens is 344 g/mol. The zero-order chi connectivity index (χ0) is 15.7. The minimum atomic E-state index is -0.322. The lowest BCUT2D eigenvalue weighted by molar-refractivity contribution is -0.125. The first kappa shape index (κ1) is 15.5. The Labute approximate surface area is 139 Å². The first-order chi connectivity index (χ1) is 10.6. The lowest BCUT2D eigenvalue weighted by Gasteiger charge is -2.25. The van der Waals surface area contributed by atoms with E-state index in [0.29, 0.717) is 18.0 Å². The van der Waals surface area contributed by atoms with E-state index in [1.807, 2.05) is 12.1 Å². The molecule has 1 aromatic carbocycles. The van der Waals surface area contributed by atoms with Gasteiger partial charge in [0, 0.05) is 22.6 Å². The van der Waals surface area contributed by atoms with Crippen LogP contribution in [0.25, 0.3) is 0 Å². The molecule has 4 nitrogen and oxygen atoms in total. The zero-order valence-corrected chi connectivity index (χ0v) is 14.3. The normalized spacial score (nSPS) is 22.5. The number of hydrogen-bond acceptors (Lipinski definition) is 2. The summed E-state index contributed by atoms with van der Waals surface area (Å²) in [6.07, 6.45) is 4.05. The first-order valence-electron chi connectivity index (χ1n) is 7.93. The predicted molar refractivity (Wildman–Crippen MR) is 88.5 cm³/mol. The van der Waals surface area contributed by atoms with Crippen LogP contribution >= 0.6 is 15.9 Å². The van der Waals surface area contributed by atoms with E-state index in [1.165, 1.54) is 12.8 Å². The highest BCUT2D eigenvalue weighted by Gasteiger charge is 2.37. The molecule has 5 heteroatoms. The molecule has 1 aromatic rings. The van der Waals surface area contributed by atoms with Crippen LogP contribution in [-0.4, -0.2) is 35.3 Å². The van der Waals surface area contributed by atoms with E-state index in [4.69, 9.17) is 0 Å². The topological polar surface area (TPSA) is 49.4 Å². The zero-order valence-electron chi connectivity index (χ0n) is 12.7. The molecule has 0 spiro atoms. The van der Waals surface area contributed by atoms with Crippen LogP contribution < -0.4 is 5.32 Å². The Kier molecular flexibility index (Phi) is 4.52. The summed E-state index contributed by atoms with van der Waals surface area (Å²) in [5.41, 5.74) is 0.637. The summed E-state index contributed by atoms with van der Waals surface area (Å²) in [5.74, 6) is 0.576. The van der Waals surface area contributed by atoms with E-state index in [-0.39, 0.29) is 23.9 Å². The van der Waals surface area contributed by atoms with Crippen LogP contribution in [0.5, 0.6) is 0 Å². The maximum absolute atomic E-state index is 12.6. The molecule has 0 radical (unpaired) electrons. The van der Waals surface area contributed by atoms with Crippen LogP contribution in [0.4, 0.5) is 0 Å². The summed E-state index contributed by atoms with van der Waals surface area (Å²) >= 11 is 3.37. The smallest absolute Gasteiger partial charge is 0.254 e. The molecule has 0 bridgehead atoms. The minimum Gasteiger partial charge on any atom is -0.352 e. The summed E-state index contributed by atoms with van der Waals surface area (Å²) in [4.78, 5) is 26.8. The Bertz CT molecular complexity index is 569. The summed E-state index contributed by atoms with van der Waals surface area (Å²) in [5, 5.41) is 3.09. The number of nitrogens with zero attached hydrogens (tertiary/aromatic N) is 1. The molecule has 1 N–H and O–H groups in total. The van der Waals surface area contributed by atoms with Gasteiger partial charge in [0.15, 0.2) is 0 Å². The van der Waals surface area contributed by atoms with Crippen molar-refractivity contribution in [2.45, 2.75) is 44.7 Å². The van der Waals surface area contributed by atoms with Crippen LogP contribution in [0.1, 0.15) is 43.0 Å². The van der Waals surface area contributed by atoms with Gasteiger partial charge in [-0.3, -0.25) is 9.59 Å². The van der Waals surface area contributed by atoms with Crippen molar-refractivity contribution in [3.05, 3.63) is 34.3 Å². The second kappa shape index (κ2) is 6.41. The highest BCUT2D eigenvalue weighted by Crippen LogP contribution is 2.32. The van der Waals surface area contributed by atoms with E-state index >= 15 is 0 Å². The van der Waals surface area contributed by atoms with Crippen molar-refractivity contribution in [3.8, 4) is 0 Å². The van der Waals surface area contributed by atoms with Crippen molar-refractivity contribution in [3.63, 3.8) is 0 Å². The van der Waals surface area contributed by atoms with E-state index in [0.717, 1.165) is 17.3 Å². The monoisotopic (exact) mass is 364 g/mol. The quantitative estimate of drug-likeness (QED) is 0.892. The van der Waals surface area contributed by atoms with Gasteiger partial charge in [-0.2, -0.15) is 0 Å². The average molecular weight is 365 g/mol. The molecule has 1 aliphatic carbocycles. The van der Waals surface area contributed by atoms with E-state index in [2.05, 4.69) is 28.2 Å². The van der Waals surface area contributed by atoms with Gasteiger partial charge in [0.25, 0.3) is 5.91 Å². The van der Waals surface area contributed by atoms with Crippen molar-refractivity contribution in [2.24, 2.45) is 5.92 Å². The van der Waals surface area contributed by atoms with Gasteiger partial charge in [0.1, 0.15) is 6.04 Å². The molecule has 2 fully saturated rings. The molecule has 118 valence electrons. The number of amides is 2. The van der Waals surface area contributed by atoms with Gasteiger partial charge in [-0.25, -0.2) is 0 Å². The van der Waals surface area contributed by atoms with Gasteiger partial charge in [0.05, 0.1) is 0 Å². The number of halogens is 1. The number of rotatable bonds is 4. The van der Waals surface area contributed by atoms with E-state index in [1.54, 1.807) is 17.0 Å². The fourth-order valence-electron chi connectivity index (χ4n) is 3.08. The van der Waals surface area contributed by atoms with Gasteiger partial charge in [-0.15, -0.1) is 0 Å². The van der Waals surface area contributed by atoms with Gasteiger partial charge in [-0.05, 0) is 62.8 Å². The summed E-state index contributed by atoms with van der Waals surface area (Å²) < 4.78 is 0.943. The van der Waals surface area contributed by atoms with Crippen molar-refractivity contribution in [2.75, 3.05) is 6.54 Å². The molecular formula is C17H21BrN2O2. The standard InChI is InChI=1S/C17H21BrN2O2/c1-11(12-4-5-12)19-16(21)15-3-2-10-20(15)17(22)13-6-8-14(18)9-7-13/h6-9,11-12,15H,2-5,10H2,1H3,(H,19,21). The van der Waals surface area contributed by atoms with Crippen molar-refractivity contribution in [1.82, 2.24) is 10.2 Å². The third kappa shape index (κ3) is 3.35. The predicted octanol–water partition coefficient (Wildman–Crippen LogP) is 2.97. The van der Waals surface area contributed by atoms with Crippen molar-refractivity contribution < 1.29 is 9.59 Å². The van der Waals surface area contributed by atoms with Gasteiger partial charge in [-0.1, -0.05) is 15.9 Å². The molecule has 3 rings (SSSR count). The highest BCUT2D eigenvalue weighted by atomic mass is 79.9. The number of benzene rings is 1. The number of likely N-dealkylation sites (tertiary alicyclic amines) is 1. The van der Waals surface area contributed by atoms with Crippen LogP contribution in [0.3, 0.4) is 0 Å². The Hall–Kier alpha value is -1.36. The molecule has 0 aromatic heterocycles. The molecule has 1 saturated heterocycles. The van der Waals surface area contributed by atoms with Crippen molar-refractivity contribution in [1.29, 1.82) is 0 Å². The molecule has 2 amide bonds. The second-order valence-corrected chi connectivity index (χ2v) is 7.21. The fraction of sp³-hybridized carbons (Fsp3) is 0.529. The van der Waals surface area contributed by atoms with E-state index in [9.17, 15) is 9.59 Å². The molecule has 22 heavy (non-hydrogen) atoms. The second-order valence-electron chi connectivity index (χ2n) is 6.30. The van der Waals surface area contributed by atoms with Crippen LogP contribution in [-0.2, 0) is 4.79 Å². The van der Waals surface area contributed by atoms with Gasteiger partial charge >= 0.3 is 0 Å². The molecule has 1 saturated carbocycles. The number of carbonyl (C=O) groups excluding carboxylic acids is 2.